The molecule has 0 radical (unpaired) electrons. The van der Waals surface area contributed by atoms with Crippen LogP contribution in [-0.4, -0.2) is 45.3 Å². The molecule has 1 atom stereocenters. The fourth-order valence-electron chi connectivity index (χ4n) is 3.58. The van der Waals surface area contributed by atoms with Gasteiger partial charge in [-0.1, -0.05) is 30.7 Å². The minimum atomic E-state index is -3.75. The number of nitrogens with zero attached hydrogens (tertiary/aromatic N) is 2. The van der Waals surface area contributed by atoms with Crippen LogP contribution in [0.4, 0.5) is 5.69 Å². The lowest BCUT2D eigenvalue weighted by molar-refractivity contribution is -0.121. The third kappa shape index (κ3) is 5.74. The van der Waals surface area contributed by atoms with Gasteiger partial charge in [0.15, 0.2) is 0 Å². The Morgan fingerprint density at radius 3 is 2.47 bits per heavy atom. The summed E-state index contributed by atoms with van der Waals surface area (Å²) in [6.07, 6.45) is 2.49. The van der Waals surface area contributed by atoms with Crippen molar-refractivity contribution in [2.45, 2.75) is 31.2 Å². The van der Waals surface area contributed by atoms with Gasteiger partial charge in [-0.3, -0.25) is 4.79 Å². The molecular weight excluding hydrogens is 422 g/mol. The zero-order valence-electron chi connectivity index (χ0n) is 17.3. The molecule has 1 heterocycles. The molecule has 1 aliphatic heterocycles. The fraction of sp³-hybridized carbons (Fsp3) is 0.409. The van der Waals surface area contributed by atoms with Crippen molar-refractivity contribution < 1.29 is 13.2 Å². The van der Waals surface area contributed by atoms with Crippen LogP contribution < -0.4 is 10.2 Å². The van der Waals surface area contributed by atoms with Crippen LogP contribution in [-0.2, 0) is 21.4 Å². The first-order valence-electron chi connectivity index (χ1n) is 10.1. The molecule has 8 heteroatoms. The van der Waals surface area contributed by atoms with Crippen molar-refractivity contribution in [3.8, 4) is 0 Å². The zero-order valence-corrected chi connectivity index (χ0v) is 18.9. The molecule has 0 aromatic heterocycles. The van der Waals surface area contributed by atoms with E-state index in [-0.39, 0.29) is 17.3 Å². The van der Waals surface area contributed by atoms with Gasteiger partial charge in [0, 0.05) is 37.4 Å². The Morgan fingerprint density at radius 1 is 1.17 bits per heavy atom. The molecule has 1 aliphatic rings. The summed E-state index contributed by atoms with van der Waals surface area (Å²) in [5.74, 6) is 0.350. The molecule has 0 spiro atoms. The third-order valence-electron chi connectivity index (χ3n) is 5.34. The number of amides is 1. The monoisotopic (exact) mass is 449 g/mol. The van der Waals surface area contributed by atoms with Gasteiger partial charge in [-0.05, 0) is 60.7 Å². The van der Waals surface area contributed by atoms with Crippen molar-refractivity contribution in [2.24, 2.45) is 5.92 Å². The summed E-state index contributed by atoms with van der Waals surface area (Å²) in [6, 6.07) is 14.0. The van der Waals surface area contributed by atoms with Crippen molar-refractivity contribution in [1.29, 1.82) is 0 Å². The lowest BCUT2D eigenvalue weighted by Crippen LogP contribution is -2.38. The van der Waals surface area contributed by atoms with Gasteiger partial charge in [0.1, 0.15) is 0 Å². The standard InChI is InChI=1S/C22H28ClN3O3S/c1-17-4-3-13-26(15-17)20-9-5-18(6-10-20)14-24-22(27)16-25(2)30(28,29)21-11-7-19(23)8-12-21/h5-12,17H,3-4,13-16H2,1-2H3,(H,24,27). The number of carbonyl (C=O) groups excluding carboxylic acids is 1. The first-order valence-corrected chi connectivity index (χ1v) is 11.9. The molecule has 0 aliphatic carbocycles. The van der Waals surface area contributed by atoms with E-state index >= 15 is 0 Å². The number of carbonyl (C=O) groups is 1. The summed E-state index contributed by atoms with van der Waals surface area (Å²) in [7, 11) is -2.36. The molecule has 30 heavy (non-hydrogen) atoms. The predicted octanol–water partition coefficient (Wildman–Crippen LogP) is 3.51. The Hall–Kier alpha value is -2.09. The van der Waals surface area contributed by atoms with E-state index in [1.54, 1.807) is 0 Å². The van der Waals surface area contributed by atoms with E-state index in [9.17, 15) is 13.2 Å². The van der Waals surface area contributed by atoms with Crippen LogP contribution in [0.25, 0.3) is 0 Å². The van der Waals surface area contributed by atoms with Crippen LogP contribution in [0, 0.1) is 5.92 Å². The number of nitrogens with one attached hydrogen (secondary N) is 1. The third-order valence-corrected chi connectivity index (χ3v) is 7.41. The largest absolute Gasteiger partial charge is 0.371 e. The molecule has 1 fully saturated rings. The summed E-state index contributed by atoms with van der Waals surface area (Å²) in [5, 5.41) is 3.24. The van der Waals surface area contributed by atoms with Crippen LogP contribution in [0.2, 0.25) is 5.02 Å². The minimum absolute atomic E-state index is 0.102. The van der Waals surface area contributed by atoms with E-state index in [0.29, 0.717) is 17.5 Å². The second-order valence-electron chi connectivity index (χ2n) is 7.85. The highest BCUT2D eigenvalue weighted by Crippen LogP contribution is 2.23. The van der Waals surface area contributed by atoms with Crippen molar-refractivity contribution in [3.63, 3.8) is 0 Å². The number of rotatable bonds is 7. The molecule has 1 amide bonds. The molecule has 1 unspecified atom stereocenters. The molecule has 162 valence electrons. The molecule has 6 nitrogen and oxygen atoms in total. The van der Waals surface area contributed by atoms with E-state index in [2.05, 4.69) is 29.3 Å². The Balaban J connectivity index is 1.52. The summed E-state index contributed by atoms with van der Waals surface area (Å²) >= 11 is 5.81. The van der Waals surface area contributed by atoms with Gasteiger partial charge in [-0.2, -0.15) is 4.31 Å². The average molecular weight is 450 g/mol. The van der Waals surface area contributed by atoms with Crippen LogP contribution in [0.5, 0.6) is 0 Å². The van der Waals surface area contributed by atoms with Crippen molar-refractivity contribution in [3.05, 3.63) is 59.1 Å². The maximum atomic E-state index is 12.6. The van der Waals surface area contributed by atoms with Crippen molar-refractivity contribution >= 4 is 33.2 Å². The van der Waals surface area contributed by atoms with Crippen LogP contribution in [0.3, 0.4) is 0 Å². The fourth-order valence-corrected chi connectivity index (χ4v) is 4.83. The summed E-state index contributed by atoms with van der Waals surface area (Å²) < 4.78 is 26.2. The van der Waals surface area contributed by atoms with E-state index in [1.165, 1.54) is 49.8 Å². The lowest BCUT2D eigenvalue weighted by atomic mass is 9.99. The Labute approximate surface area is 183 Å². The number of piperidine rings is 1. The number of anilines is 1. The Kier molecular flexibility index (Phi) is 7.39. The first kappa shape index (κ1) is 22.6. The van der Waals surface area contributed by atoms with Gasteiger partial charge in [-0.25, -0.2) is 8.42 Å². The number of benzene rings is 2. The number of likely N-dealkylation sites (N-methyl/N-ethyl adjacent to an activating group) is 1. The minimum Gasteiger partial charge on any atom is -0.371 e. The van der Waals surface area contributed by atoms with Gasteiger partial charge in [0.2, 0.25) is 15.9 Å². The normalized spacial score (nSPS) is 17.2. The summed E-state index contributed by atoms with van der Waals surface area (Å²) in [5.41, 5.74) is 2.17. The quantitative estimate of drug-likeness (QED) is 0.702. The van der Waals surface area contributed by atoms with Gasteiger partial charge in [0.25, 0.3) is 0 Å². The highest BCUT2D eigenvalue weighted by Gasteiger charge is 2.23. The molecule has 2 aromatic rings. The van der Waals surface area contributed by atoms with Gasteiger partial charge in [-0.15, -0.1) is 0 Å². The van der Waals surface area contributed by atoms with Gasteiger partial charge >= 0.3 is 0 Å². The molecule has 3 rings (SSSR count). The maximum absolute atomic E-state index is 12.6. The molecule has 1 saturated heterocycles. The van der Waals surface area contributed by atoms with Gasteiger partial charge in [0.05, 0.1) is 11.4 Å². The topological polar surface area (TPSA) is 69.7 Å². The second-order valence-corrected chi connectivity index (χ2v) is 10.3. The van der Waals surface area contributed by atoms with E-state index < -0.39 is 10.0 Å². The highest BCUT2D eigenvalue weighted by molar-refractivity contribution is 7.89. The van der Waals surface area contributed by atoms with Crippen LogP contribution in [0.1, 0.15) is 25.3 Å². The maximum Gasteiger partial charge on any atom is 0.243 e. The predicted molar refractivity (Wildman–Crippen MR) is 120 cm³/mol. The summed E-state index contributed by atoms with van der Waals surface area (Å²) in [6.45, 7) is 4.53. The highest BCUT2D eigenvalue weighted by atomic mass is 35.5. The molecule has 2 aromatic carbocycles. The number of hydrogen-bond donors (Lipinski definition) is 1. The zero-order chi connectivity index (χ0) is 21.7. The first-order chi connectivity index (χ1) is 14.3. The molecule has 1 N–H and O–H groups in total. The van der Waals surface area contributed by atoms with Gasteiger partial charge < -0.3 is 10.2 Å². The second kappa shape index (κ2) is 9.81. The van der Waals surface area contributed by atoms with Crippen molar-refractivity contribution in [2.75, 3.05) is 31.6 Å². The molecular formula is C22H28ClN3O3S. The molecule has 0 bridgehead atoms. The SMILES string of the molecule is CC1CCCN(c2ccc(CNC(=O)CN(C)S(=O)(=O)c3ccc(Cl)cc3)cc2)C1. The number of halogens is 1. The van der Waals surface area contributed by atoms with Crippen LogP contribution >= 0.6 is 11.6 Å². The number of hydrogen-bond acceptors (Lipinski definition) is 4. The Bertz CT molecular complexity index is 962. The van der Waals surface area contributed by atoms with E-state index in [1.807, 2.05) is 12.1 Å². The summed E-state index contributed by atoms with van der Waals surface area (Å²) in [4.78, 5) is 14.8. The van der Waals surface area contributed by atoms with E-state index in [0.717, 1.165) is 23.0 Å². The van der Waals surface area contributed by atoms with Crippen molar-refractivity contribution in [1.82, 2.24) is 9.62 Å². The van der Waals surface area contributed by atoms with Crippen LogP contribution in [0.15, 0.2) is 53.4 Å². The number of sulfonamides is 1. The lowest BCUT2D eigenvalue weighted by Gasteiger charge is -2.32. The Morgan fingerprint density at radius 2 is 1.83 bits per heavy atom. The smallest absolute Gasteiger partial charge is 0.243 e. The molecule has 0 saturated carbocycles. The average Bonchev–Trinajstić information content (AvgIpc) is 2.73. The van der Waals surface area contributed by atoms with E-state index in [4.69, 9.17) is 11.6 Å².